The van der Waals surface area contributed by atoms with Gasteiger partial charge in [-0.3, -0.25) is 4.79 Å². The Bertz CT molecular complexity index is 1150. The maximum Gasteiger partial charge on any atom is 0.251 e. The van der Waals surface area contributed by atoms with E-state index in [1.54, 1.807) is 24.3 Å². The summed E-state index contributed by atoms with van der Waals surface area (Å²) >= 11 is 5.93. The zero-order chi connectivity index (χ0) is 20.4. The van der Waals surface area contributed by atoms with E-state index >= 15 is 0 Å². The van der Waals surface area contributed by atoms with Crippen LogP contribution < -0.4 is 5.32 Å². The molecule has 0 bridgehead atoms. The van der Waals surface area contributed by atoms with E-state index in [4.69, 9.17) is 16.6 Å². The van der Waals surface area contributed by atoms with Crippen molar-refractivity contribution in [1.82, 2.24) is 14.9 Å². The van der Waals surface area contributed by atoms with Gasteiger partial charge >= 0.3 is 0 Å². The van der Waals surface area contributed by atoms with Crippen LogP contribution in [0, 0.1) is 6.92 Å². The standard InChI is InChI=1S/C24H22ClN3O/c1-16-7-9-18(10-8-16)15-28-22-6-4-3-5-21(22)27-23(28)17(2)26-24(29)19-11-13-20(25)14-12-19/h3-14,17H,15H2,1-2H3,(H,26,29)/t17-/m0/s1. The number of aromatic nitrogens is 2. The molecule has 0 spiro atoms. The van der Waals surface area contributed by atoms with Crippen LogP contribution in [0.1, 0.15) is 40.3 Å². The van der Waals surface area contributed by atoms with Crippen molar-refractivity contribution in [3.63, 3.8) is 0 Å². The summed E-state index contributed by atoms with van der Waals surface area (Å²) < 4.78 is 2.17. The van der Waals surface area contributed by atoms with Crippen LogP contribution in [0.25, 0.3) is 11.0 Å². The Morgan fingerprint density at radius 3 is 2.45 bits per heavy atom. The van der Waals surface area contributed by atoms with Crippen molar-refractivity contribution in [2.45, 2.75) is 26.4 Å². The number of para-hydroxylation sites is 2. The Morgan fingerprint density at radius 2 is 1.72 bits per heavy atom. The van der Waals surface area contributed by atoms with Crippen molar-refractivity contribution in [3.05, 3.63) is 100 Å². The molecule has 0 aliphatic rings. The molecule has 0 aliphatic carbocycles. The molecule has 0 radical (unpaired) electrons. The second-order valence-corrected chi connectivity index (χ2v) is 7.67. The van der Waals surface area contributed by atoms with Gasteiger partial charge in [-0.2, -0.15) is 0 Å². The van der Waals surface area contributed by atoms with Crippen molar-refractivity contribution in [2.24, 2.45) is 0 Å². The lowest BCUT2D eigenvalue weighted by molar-refractivity contribution is 0.0938. The predicted octanol–water partition coefficient (Wildman–Crippen LogP) is 5.54. The normalized spacial score (nSPS) is 12.1. The van der Waals surface area contributed by atoms with Crippen molar-refractivity contribution >= 4 is 28.5 Å². The molecule has 1 aromatic heterocycles. The van der Waals surface area contributed by atoms with Crippen LogP contribution in [0.3, 0.4) is 0 Å². The molecule has 1 atom stereocenters. The average molecular weight is 404 g/mol. The number of carbonyl (C=O) groups is 1. The van der Waals surface area contributed by atoms with Gasteiger partial charge in [0.15, 0.2) is 0 Å². The van der Waals surface area contributed by atoms with E-state index in [1.165, 1.54) is 11.1 Å². The van der Waals surface area contributed by atoms with Gasteiger partial charge in [-0.05, 0) is 55.8 Å². The van der Waals surface area contributed by atoms with E-state index in [2.05, 4.69) is 47.1 Å². The highest BCUT2D eigenvalue weighted by molar-refractivity contribution is 6.30. The molecule has 0 aliphatic heterocycles. The van der Waals surface area contributed by atoms with Gasteiger partial charge in [0.05, 0.1) is 17.1 Å². The highest BCUT2D eigenvalue weighted by atomic mass is 35.5. The fourth-order valence-corrected chi connectivity index (χ4v) is 3.54. The highest BCUT2D eigenvalue weighted by Gasteiger charge is 2.19. The quantitative estimate of drug-likeness (QED) is 0.475. The van der Waals surface area contributed by atoms with Crippen LogP contribution >= 0.6 is 11.6 Å². The van der Waals surface area contributed by atoms with E-state index in [-0.39, 0.29) is 11.9 Å². The van der Waals surface area contributed by atoms with Gasteiger partial charge in [0, 0.05) is 17.1 Å². The summed E-state index contributed by atoms with van der Waals surface area (Å²) in [6, 6.07) is 23.2. The van der Waals surface area contributed by atoms with Crippen molar-refractivity contribution in [2.75, 3.05) is 0 Å². The fraction of sp³-hybridized carbons (Fsp3) is 0.167. The topological polar surface area (TPSA) is 46.9 Å². The third-order valence-corrected chi connectivity index (χ3v) is 5.24. The molecule has 0 saturated heterocycles. The predicted molar refractivity (Wildman–Crippen MR) is 117 cm³/mol. The average Bonchev–Trinajstić information content (AvgIpc) is 3.09. The van der Waals surface area contributed by atoms with Crippen molar-refractivity contribution < 1.29 is 4.79 Å². The second-order valence-electron chi connectivity index (χ2n) is 7.23. The summed E-state index contributed by atoms with van der Waals surface area (Å²) in [5.41, 5.74) is 4.96. The number of halogens is 1. The first kappa shape index (κ1) is 19.2. The smallest absolute Gasteiger partial charge is 0.251 e. The van der Waals surface area contributed by atoms with Crippen LogP contribution in [0.2, 0.25) is 5.02 Å². The van der Waals surface area contributed by atoms with Gasteiger partial charge in [0.25, 0.3) is 5.91 Å². The zero-order valence-corrected chi connectivity index (χ0v) is 17.1. The van der Waals surface area contributed by atoms with E-state index in [9.17, 15) is 4.79 Å². The molecule has 1 heterocycles. The number of nitrogens with zero attached hydrogens (tertiary/aromatic N) is 2. The molecule has 4 nitrogen and oxygen atoms in total. The Balaban J connectivity index is 1.65. The first-order valence-electron chi connectivity index (χ1n) is 9.58. The van der Waals surface area contributed by atoms with Crippen molar-refractivity contribution in [1.29, 1.82) is 0 Å². The van der Waals surface area contributed by atoms with Gasteiger partial charge in [-0.1, -0.05) is 53.6 Å². The maximum atomic E-state index is 12.7. The molecule has 5 heteroatoms. The number of hydrogen-bond acceptors (Lipinski definition) is 2. The molecule has 3 aromatic carbocycles. The zero-order valence-electron chi connectivity index (χ0n) is 16.4. The minimum absolute atomic E-state index is 0.150. The molecule has 146 valence electrons. The van der Waals surface area contributed by atoms with Gasteiger partial charge < -0.3 is 9.88 Å². The minimum Gasteiger partial charge on any atom is -0.342 e. The molecular weight excluding hydrogens is 382 g/mol. The second kappa shape index (κ2) is 8.10. The minimum atomic E-state index is -0.254. The number of carbonyl (C=O) groups excluding carboxylic acids is 1. The number of amides is 1. The van der Waals surface area contributed by atoms with Crippen LogP contribution in [-0.4, -0.2) is 15.5 Å². The van der Waals surface area contributed by atoms with Crippen LogP contribution in [0.4, 0.5) is 0 Å². The molecule has 1 amide bonds. The first-order chi connectivity index (χ1) is 14.0. The summed E-state index contributed by atoms with van der Waals surface area (Å²) in [6.07, 6.45) is 0. The highest BCUT2D eigenvalue weighted by Crippen LogP contribution is 2.23. The Hall–Kier alpha value is -3.11. The Morgan fingerprint density at radius 1 is 1.03 bits per heavy atom. The summed E-state index contributed by atoms with van der Waals surface area (Å²) in [5.74, 6) is 0.678. The van der Waals surface area contributed by atoms with E-state index < -0.39 is 0 Å². The third kappa shape index (κ3) is 4.17. The number of rotatable bonds is 5. The number of aryl methyl sites for hydroxylation is 1. The molecular formula is C24H22ClN3O. The third-order valence-electron chi connectivity index (χ3n) is 4.99. The molecule has 4 aromatic rings. The van der Waals surface area contributed by atoms with Gasteiger partial charge in [0.2, 0.25) is 0 Å². The van der Waals surface area contributed by atoms with Crippen LogP contribution in [0.5, 0.6) is 0 Å². The van der Waals surface area contributed by atoms with Crippen LogP contribution in [-0.2, 0) is 6.54 Å². The Labute approximate surface area is 175 Å². The number of nitrogens with one attached hydrogen (secondary N) is 1. The fourth-order valence-electron chi connectivity index (χ4n) is 3.41. The first-order valence-corrected chi connectivity index (χ1v) is 9.96. The van der Waals surface area contributed by atoms with E-state index in [0.29, 0.717) is 17.1 Å². The monoisotopic (exact) mass is 403 g/mol. The van der Waals surface area contributed by atoms with E-state index in [1.807, 2.05) is 25.1 Å². The lowest BCUT2D eigenvalue weighted by atomic mass is 10.1. The van der Waals surface area contributed by atoms with Gasteiger partial charge in [-0.25, -0.2) is 4.98 Å². The van der Waals surface area contributed by atoms with Gasteiger partial charge in [-0.15, -0.1) is 0 Å². The van der Waals surface area contributed by atoms with Crippen LogP contribution in [0.15, 0.2) is 72.8 Å². The maximum absolute atomic E-state index is 12.7. The number of imidazole rings is 1. The number of benzene rings is 3. The van der Waals surface area contributed by atoms with E-state index in [0.717, 1.165) is 16.9 Å². The molecule has 29 heavy (non-hydrogen) atoms. The molecule has 1 N–H and O–H groups in total. The van der Waals surface area contributed by atoms with Crippen molar-refractivity contribution in [3.8, 4) is 0 Å². The largest absolute Gasteiger partial charge is 0.342 e. The van der Waals surface area contributed by atoms with Gasteiger partial charge in [0.1, 0.15) is 5.82 Å². The Kier molecular flexibility index (Phi) is 5.36. The lowest BCUT2D eigenvalue weighted by Crippen LogP contribution is -2.28. The summed E-state index contributed by atoms with van der Waals surface area (Å²) in [5, 5.41) is 3.67. The summed E-state index contributed by atoms with van der Waals surface area (Å²) in [6.45, 7) is 4.73. The molecule has 4 rings (SSSR count). The number of fused-ring (bicyclic) bond motifs is 1. The summed E-state index contributed by atoms with van der Waals surface area (Å²) in [4.78, 5) is 17.5. The summed E-state index contributed by atoms with van der Waals surface area (Å²) in [7, 11) is 0. The molecule has 0 fully saturated rings. The number of hydrogen-bond donors (Lipinski definition) is 1. The SMILES string of the molecule is Cc1ccc(Cn2c([C@H](C)NC(=O)c3ccc(Cl)cc3)nc3ccccc32)cc1. The lowest BCUT2D eigenvalue weighted by Gasteiger charge is -2.17. The molecule has 0 saturated carbocycles. The molecule has 0 unspecified atom stereocenters.